The largest absolute Gasteiger partial charge is 0.274 e. The molecule has 5 nitrogen and oxygen atoms in total. The fraction of sp³-hybridized carbons (Fsp3) is 0.308. The van der Waals surface area contributed by atoms with Gasteiger partial charge in [0.2, 0.25) is 0 Å². The molecule has 0 atom stereocenters. The Balaban J connectivity index is 2.24. The van der Waals surface area contributed by atoms with E-state index in [0.29, 0.717) is 11.7 Å². The summed E-state index contributed by atoms with van der Waals surface area (Å²) < 4.78 is 28.2. The number of aryl methyl sites for hydroxylation is 1. The van der Waals surface area contributed by atoms with E-state index in [1.165, 1.54) is 0 Å². The molecule has 2 rings (SSSR count). The zero-order chi connectivity index (χ0) is 14.0. The van der Waals surface area contributed by atoms with Gasteiger partial charge in [-0.3, -0.25) is 9.40 Å². The van der Waals surface area contributed by atoms with E-state index >= 15 is 0 Å². The molecule has 0 bridgehead atoms. The Labute approximate surface area is 113 Å². The highest BCUT2D eigenvalue weighted by Gasteiger charge is 2.15. The van der Waals surface area contributed by atoms with Crippen molar-refractivity contribution in [2.24, 2.45) is 7.05 Å². The van der Waals surface area contributed by atoms with E-state index in [2.05, 4.69) is 23.7 Å². The van der Waals surface area contributed by atoms with E-state index < -0.39 is 10.0 Å². The third kappa shape index (κ3) is 3.14. The van der Waals surface area contributed by atoms with Crippen molar-refractivity contribution in [3.8, 4) is 0 Å². The summed E-state index contributed by atoms with van der Waals surface area (Å²) in [6, 6.07) is 8.50. The van der Waals surface area contributed by atoms with Gasteiger partial charge in [-0.05, 0) is 23.6 Å². The lowest BCUT2D eigenvalue weighted by molar-refractivity contribution is 0.600. The molecule has 0 amide bonds. The fourth-order valence-corrected chi connectivity index (χ4v) is 2.69. The second kappa shape index (κ2) is 5.05. The summed E-state index contributed by atoms with van der Waals surface area (Å²) >= 11 is 0. The molecule has 1 aromatic heterocycles. The third-order valence-electron chi connectivity index (χ3n) is 2.81. The van der Waals surface area contributed by atoms with Gasteiger partial charge in [0.25, 0.3) is 10.0 Å². The maximum absolute atomic E-state index is 12.1. The Kier molecular flexibility index (Phi) is 3.61. The Morgan fingerprint density at radius 2 is 1.79 bits per heavy atom. The molecule has 0 aliphatic heterocycles. The van der Waals surface area contributed by atoms with E-state index in [1.807, 2.05) is 12.1 Å². The van der Waals surface area contributed by atoms with Crippen molar-refractivity contribution < 1.29 is 8.42 Å². The molecule has 2 aromatic rings. The highest BCUT2D eigenvalue weighted by atomic mass is 32.2. The van der Waals surface area contributed by atoms with E-state index in [0.717, 1.165) is 5.56 Å². The summed E-state index contributed by atoms with van der Waals surface area (Å²) in [6.45, 7) is 4.13. The van der Waals surface area contributed by atoms with Gasteiger partial charge in [-0.25, -0.2) is 8.42 Å². The molecule has 102 valence electrons. The van der Waals surface area contributed by atoms with Gasteiger partial charge in [0, 0.05) is 19.3 Å². The topological polar surface area (TPSA) is 64.0 Å². The van der Waals surface area contributed by atoms with Gasteiger partial charge in [-0.2, -0.15) is 5.10 Å². The molecule has 19 heavy (non-hydrogen) atoms. The lowest BCUT2D eigenvalue weighted by Crippen LogP contribution is -2.13. The van der Waals surface area contributed by atoms with Crippen LogP contribution in [0.2, 0.25) is 0 Å². The number of nitrogens with one attached hydrogen (secondary N) is 1. The number of nitrogens with zero attached hydrogens (tertiary/aromatic N) is 2. The smallest absolute Gasteiger partial charge is 0.263 e. The normalized spacial score (nSPS) is 11.8. The first-order valence-electron chi connectivity index (χ1n) is 6.01. The Morgan fingerprint density at radius 3 is 2.26 bits per heavy atom. The second-order valence-corrected chi connectivity index (χ2v) is 6.39. The quantitative estimate of drug-likeness (QED) is 0.934. The summed E-state index contributed by atoms with van der Waals surface area (Å²) in [4.78, 5) is 0.238. The number of hydrogen-bond acceptors (Lipinski definition) is 3. The number of aromatic nitrogens is 2. The van der Waals surface area contributed by atoms with Crippen LogP contribution in [-0.2, 0) is 17.1 Å². The fourth-order valence-electron chi connectivity index (χ4n) is 1.70. The van der Waals surface area contributed by atoms with Crippen LogP contribution in [0.15, 0.2) is 41.4 Å². The average Bonchev–Trinajstić information content (AvgIpc) is 2.74. The summed E-state index contributed by atoms with van der Waals surface area (Å²) in [6.07, 6.45) is 1.68. The summed E-state index contributed by atoms with van der Waals surface area (Å²) in [5.74, 6) is 0.691. The Hall–Kier alpha value is -1.82. The van der Waals surface area contributed by atoms with Crippen molar-refractivity contribution in [1.82, 2.24) is 9.78 Å². The zero-order valence-corrected chi connectivity index (χ0v) is 12.0. The molecule has 0 spiro atoms. The van der Waals surface area contributed by atoms with Crippen LogP contribution >= 0.6 is 0 Å². The maximum atomic E-state index is 12.1. The van der Waals surface area contributed by atoms with Gasteiger partial charge in [-0.15, -0.1) is 0 Å². The predicted octanol–water partition coefficient (Wildman–Crippen LogP) is 2.34. The van der Waals surface area contributed by atoms with Gasteiger partial charge < -0.3 is 0 Å². The maximum Gasteiger partial charge on any atom is 0.263 e. The average molecular weight is 279 g/mol. The number of hydrogen-bond donors (Lipinski definition) is 1. The molecule has 0 aliphatic carbocycles. The molecule has 0 fully saturated rings. The molecule has 0 aliphatic rings. The minimum atomic E-state index is -3.57. The highest BCUT2D eigenvalue weighted by molar-refractivity contribution is 7.92. The second-order valence-electron chi connectivity index (χ2n) is 4.70. The molecule has 0 unspecified atom stereocenters. The first-order valence-corrected chi connectivity index (χ1v) is 7.49. The first kappa shape index (κ1) is 13.6. The lowest BCUT2D eigenvalue weighted by atomic mass is 10.0. The van der Waals surface area contributed by atoms with Crippen LogP contribution in [0.5, 0.6) is 0 Å². The molecule has 0 saturated heterocycles. The van der Waals surface area contributed by atoms with Crippen molar-refractivity contribution in [3.05, 3.63) is 42.1 Å². The van der Waals surface area contributed by atoms with Crippen LogP contribution in [0.1, 0.15) is 25.3 Å². The van der Waals surface area contributed by atoms with Crippen molar-refractivity contribution in [2.75, 3.05) is 4.72 Å². The van der Waals surface area contributed by atoms with Crippen molar-refractivity contribution >= 4 is 15.8 Å². The molecule has 1 heterocycles. The molecular formula is C13H17N3O2S. The monoisotopic (exact) mass is 279 g/mol. The molecule has 1 aromatic carbocycles. The SMILES string of the molecule is CC(C)c1ccc(S(=O)(=O)Nc2ccn(C)n2)cc1. The van der Waals surface area contributed by atoms with Crippen LogP contribution in [-0.4, -0.2) is 18.2 Å². The summed E-state index contributed by atoms with van der Waals surface area (Å²) in [5, 5.41) is 3.99. The number of anilines is 1. The Morgan fingerprint density at radius 1 is 1.16 bits per heavy atom. The van der Waals surface area contributed by atoms with E-state index in [9.17, 15) is 8.42 Å². The predicted molar refractivity (Wildman–Crippen MR) is 74.5 cm³/mol. The van der Waals surface area contributed by atoms with E-state index in [4.69, 9.17) is 0 Å². The van der Waals surface area contributed by atoms with Gasteiger partial charge >= 0.3 is 0 Å². The first-order chi connectivity index (χ1) is 8.88. The molecule has 6 heteroatoms. The minimum Gasteiger partial charge on any atom is -0.274 e. The minimum absolute atomic E-state index is 0.238. The summed E-state index contributed by atoms with van der Waals surface area (Å²) in [5.41, 5.74) is 1.11. The molecular weight excluding hydrogens is 262 g/mol. The number of sulfonamides is 1. The van der Waals surface area contributed by atoms with Crippen molar-refractivity contribution in [3.63, 3.8) is 0 Å². The van der Waals surface area contributed by atoms with Crippen LogP contribution in [0, 0.1) is 0 Å². The van der Waals surface area contributed by atoms with Gasteiger partial charge in [0.15, 0.2) is 5.82 Å². The van der Waals surface area contributed by atoms with E-state index in [1.54, 1.807) is 36.1 Å². The van der Waals surface area contributed by atoms with Crippen LogP contribution < -0.4 is 4.72 Å². The Bertz CT molecular complexity index is 657. The van der Waals surface area contributed by atoms with Crippen molar-refractivity contribution in [2.45, 2.75) is 24.7 Å². The standard InChI is InChI=1S/C13H17N3O2S/c1-10(2)11-4-6-12(7-5-11)19(17,18)15-13-8-9-16(3)14-13/h4-10H,1-3H3,(H,14,15). The number of benzene rings is 1. The molecule has 1 N–H and O–H groups in total. The van der Waals surface area contributed by atoms with Crippen LogP contribution in [0.4, 0.5) is 5.82 Å². The highest BCUT2D eigenvalue weighted by Crippen LogP contribution is 2.19. The van der Waals surface area contributed by atoms with Gasteiger partial charge in [0.05, 0.1) is 4.90 Å². The molecule has 0 saturated carbocycles. The third-order valence-corrected chi connectivity index (χ3v) is 4.18. The summed E-state index contributed by atoms with van der Waals surface area (Å²) in [7, 11) is -1.84. The van der Waals surface area contributed by atoms with Crippen LogP contribution in [0.3, 0.4) is 0 Å². The zero-order valence-electron chi connectivity index (χ0n) is 11.2. The number of rotatable bonds is 4. The molecule has 0 radical (unpaired) electrons. The van der Waals surface area contributed by atoms with Crippen LogP contribution in [0.25, 0.3) is 0 Å². The van der Waals surface area contributed by atoms with Crippen molar-refractivity contribution in [1.29, 1.82) is 0 Å². The lowest BCUT2D eigenvalue weighted by Gasteiger charge is -2.08. The van der Waals surface area contributed by atoms with E-state index in [-0.39, 0.29) is 4.90 Å². The van der Waals surface area contributed by atoms with Gasteiger partial charge in [-0.1, -0.05) is 26.0 Å². The van der Waals surface area contributed by atoms with Gasteiger partial charge in [0.1, 0.15) is 0 Å².